The second-order valence-electron chi connectivity index (χ2n) is 4.99. The zero-order chi connectivity index (χ0) is 16.2. The molecule has 0 spiro atoms. The molecule has 3 N–H and O–H groups in total. The summed E-state index contributed by atoms with van der Waals surface area (Å²) < 4.78 is 5.58. The molecule has 0 amide bonds. The number of azide groups is 1. The first-order chi connectivity index (χ1) is 10.6. The van der Waals surface area contributed by atoms with Crippen molar-refractivity contribution >= 4 is 18.4 Å². The lowest BCUT2D eigenvalue weighted by molar-refractivity contribution is -0.138. The van der Waals surface area contributed by atoms with Gasteiger partial charge in [0.1, 0.15) is 11.8 Å². The molecule has 0 saturated heterocycles. The van der Waals surface area contributed by atoms with Crippen LogP contribution in [0, 0.1) is 0 Å². The summed E-state index contributed by atoms with van der Waals surface area (Å²) in [5.41, 5.74) is 14.7. The number of aryl methyl sites for hydroxylation is 1. The molecule has 1 aromatic carbocycles. The second-order valence-corrected chi connectivity index (χ2v) is 4.99. The lowest BCUT2D eigenvalue weighted by Gasteiger charge is -2.08. The van der Waals surface area contributed by atoms with Crippen molar-refractivity contribution in [3.8, 4) is 5.75 Å². The van der Waals surface area contributed by atoms with Crippen LogP contribution in [0.4, 0.5) is 0 Å². The topological polar surface area (TPSA) is 121 Å². The van der Waals surface area contributed by atoms with Gasteiger partial charge in [0.2, 0.25) is 0 Å². The minimum absolute atomic E-state index is 0. The zero-order valence-corrected chi connectivity index (χ0v) is 13.7. The Kier molecular flexibility index (Phi) is 11.5. The number of rotatable bonds is 11. The first kappa shape index (κ1) is 21.0. The average molecular weight is 343 g/mol. The van der Waals surface area contributed by atoms with E-state index in [9.17, 15) is 4.79 Å². The van der Waals surface area contributed by atoms with Crippen LogP contribution in [0.2, 0.25) is 0 Å². The van der Waals surface area contributed by atoms with Gasteiger partial charge in [0, 0.05) is 11.5 Å². The number of unbranched alkanes of at least 4 members (excludes halogenated alkanes) is 1. The third-order valence-electron chi connectivity index (χ3n) is 3.21. The fraction of sp³-hybridized carbons (Fsp3) is 0.533. The van der Waals surface area contributed by atoms with E-state index >= 15 is 0 Å². The molecular weight excluding hydrogens is 320 g/mol. The van der Waals surface area contributed by atoms with E-state index in [1.807, 2.05) is 24.3 Å². The number of nitrogens with two attached hydrogens (primary N) is 1. The summed E-state index contributed by atoms with van der Waals surface area (Å²) in [5, 5.41) is 12.2. The SMILES string of the molecule is Cl.[N-]=[N+]=NCCCCOc1ccc(CCCC(N)C(=O)O)cc1. The first-order valence-corrected chi connectivity index (χ1v) is 7.34. The Bertz CT molecular complexity index is 504. The molecule has 0 radical (unpaired) electrons. The highest BCUT2D eigenvalue weighted by atomic mass is 35.5. The van der Waals surface area contributed by atoms with Crippen molar-refractivity contribution in [1.29, 1.82) is 0 Å². The summed E-state index contributed by atoms with van der Waals surface area (Å²) in [7, 11) is 0. The van der Waals surface area contributed by atoms with E-state index < -0.39 is 12.0 Å². The highest BCUT2D eigenvalue weighted by Crippen LogP contribution is 2.14. The molecule has 1 aromatic rings. The first-order valence-electron chi connectivity index (χ1n) is 7.34. The van der Waals surface area contributed by atoms with Crippen molar-refractivity contribution in [2.75, 3.05) is 13.2 Å². The summed E-state index contributed by atoms with van der Waals surface area (Å²) in [6.07, 6.45) is 3.67. The predicted octanol–water partition coefficient (Wildman–Crippen LogP) is 3.31. The van der Waals surface area contributed by atoms with E-state index in [0.29, 0.717) is 19.6 Å². The molecule has 8 heteroatoms. The van der Waals surface area contributed by atoms with Crippen molar-refractivity contribution in [3.63, 3.8) is 0 Å². The van der Waals surface area contributed by atoms with Gasteiger partial charge in [-0.1, -0.05) is 17.2 Å². The summed E-state index contributed by atoms with van der Waals surface area (Å²) in [6, 6.07) is 6.97. The molecule has 7 nitrogen and oxygen atoms in total. The fourth-order valence-corrected chi connectivity index (χ4v) is 1.92. The largest absolute Gasteiger partial charge is 0.494 e. The molecule has 0 aliphatic carbocycles. The van der Waals surface area contributed by atoms with Crippen molar-refractivity contribution in [1.82, 2.24) is 0 Å². The van der Waals surface area contributed by atoms with E-state index in [2.05, 4.69) is 10.0 Å². The van der Waals surface area contributed by atoms with Gasteiger partial charge in [-0.05, 0) is 55.3 Å². The van der Waals surface area contributed by atoms with Gasteiger partial charge in [-0.2, -0.15) is 0 Å². The van der Waals surface area contributed by atoms with E-state index in [1.54, 1.807) is 0 Å². The molecule has 0 fully saturated rings. The molecule has 1 unspecified atom stereocenters. The van der Waals surface area contributed by atoms with Gasteiger partial charge >= 0.3 is 5.97 Å². The molecule has 1 rings (SSSR count). The third kappa shape index (κ3) is 9.63. The average Bonchev–Trinajstić information content (AvgIpc) is 2.52. The van der Waals surface area contributed by atoms with Crippen LogP contribution >= 0.6 is 12.4 Å². The maximum absolute atomic E-state index is 10.6. The van der Waals surface area contributed by atoms with Crippen LogP contribution in [-0.4, -0.2) is 30.3 Å². The fourth-order valence-electron chi connectivity index (χ4n) is 1.92. The van der Waals surface area contributed by atoms with Crippen LogP contribution in [-0.2, 0) is 11.2 Å². The smallest absolute Gasteiger partial charge is 0.320 e. The van der Waals surface area contributed by atoms with Crippen molar-refractivity contribution in [2.24, 2.45) is 10.8 Å². The normalized spacial score (nSPS) is 11.0. The van der Waals surface area contributed by atoms with Crippen LogP contribution in [0.25, 0.3) is 10.4 Å². The Balaban J connectivity index is 0.00000484. The van der Waals surface area contributed by atoms with Gasteiger partial charge in [-0.15, -0.1) is 12.4 Å². The molecule has 1 atom stereocenters. The molecule has 0 aromatic heterocycles. The maximum atomic E-state index is 10.6. The quantitative estimate of drug-likeness (QED) is 0.277. The number of carboxylic acid groups (broad SMARTS) is 1. The molecule has 0 aliphatic heterocycles. The Hall–Kier alpha value is -1.95. The van der Waals surface area contributed by atoms with Crippen molar-refractivity contribution in [2.45, 2.75) is 38.1 Å². The summed E-state index contributed by atoms with van der Waals surface area (Å²) >= 11 is 0. The summed E-state index contributed by atoms with van der Waals surface area (Å²) in [4.78, 5) is 13.3. The van der Waals surface area contributed by atoms with Gasteiger partial charge in [-0.3, -0.25) is 4.79 Å². The number of hydrogen-bond acceptors (Lipinski definition) is 4. The number of halogens is 1. The van der Waals surface area contributed by atoms with E-state index in [1.165, 1.54) is 0 Å². The standard InChI is InChI=1S/C15H22N4O3.ClH/c16-14(15(20)21)5-3-4-12-6-8-13(9-7-12)22-11-2-1-10-18-19-17;/h6-9,14H,1-5,10-11,16H2,(H,20,21);1H. The van der Waals surface area contributed by atoms with Gasteiger partial charge in [-0.25, -0.2) is 0 Å². The number of ether oxygens (including phenoxy) is 1. The van der Waals surface area contributed by atoms with Crippen LogP contribution in [0.1, 0.15) is 31.2 Å². The van der Waals surface area contributed by atoms with Crippen molar-refractivity contribution < 1.29 is 14.6 Å². The van der Waals surface area contributed by atoms with Gasteiger partial charge in [0.05, 0.1) is 6.61 Å². The molecule has 23 heavy (non-hydrogen) atoms. The second kappa shape index (κ2) is 12.6. The zero-order valence-electron chi connectivity index (χ0n) is 12.9. The Morgan fingerprint density at radius 1 is 1.30 bits per heavy atom. The molecule has 0 heterocycles. The van der Waals surface area contributed by atoms with Crippen LogP contribution in [0.15, 0.2) is 29.4 Å². The Labute approximate surface area is 141 Å². The van der Waals surface area contributed by atoms with E-state index in [-0.39, 0.29) is 12.4 Å². The Morgan fingerprint density at radius 2 is 2.00 bits per heavy atom. The summed E-state index contributed by atoms with van der Waals surface area (Å²) in [5.74, 6) is -0.154. The molecular formula is C15H23ClN4O3. The maximum Gasteiger partial charge on any atom is 0.320 e. The third-order valence-corrected chi connectivity index (χ3v) is 3.21. The highest BCUT2D eigenvalue weighted by Gasteiger charge is 2.10. The predicted molar refractivity (Wildman–Crippen MR) is 91.0 cm³/mol. The number of carboxylic acids is 1. The highest BCUT2D eigenvalue weighted by molar-refractivity contribution is 5.85. The number of carbonyl (C=O) groups is 1. The lowest BCUT2D eigenvalue weighted by atomic mass is 10.1. The number of benzene rings is 1. The van der Waals surface area contributed by atoms with E-state index in [0.717, 1.165) is 37.0 Å². The van der Waals surface area contributed by atoms with Gasteiger partial charge in [0.25, 0.3) is 0 Å². The minimum atomic E-state index is -0.954. The number of aliphatic carboxylic acids is 1. The monoisotopic (exact) mass is 342 g/mol. The number of hydrogen-bond donors (Lipinski definition) is 2. The van der Waals surface area contributed by atoms with Crippen LogP contribution < -0.4 is 10.5 Å². The van der Waals surface area contributed by atoms with Crippen molar-refractivity contribution in [3.05, 3.63) is 40.3 Å². The number of nitrogens with zero attached hydrogens (tertiary/aromatic N) is 3. The van der Waals surface area contributed by atoms with E-state index in [4.69, 9.17) is 21.1 Å². The molecule has 128 valence electrons. The Morgan fingerprint density at radius 3 is 2.61 bits per heavy atom. The molecule has 0 bridgehead atoms. The summed E-state index contributed by atoms with van der Waals surface area (Å²) in [6.45, 7) is 1.09. The van der Waals surface area contributed by atoms with Crippen LogP contribution in [0.3, 0.4) is 0 Å². The van der Waals surface area contributed by atoms with Crippen LogP contribution in [0.5, 0.6) is 5.75 Å². The van der Waals surface area contributed by atoms with Gasteiger partial charge in [0.15, 0.2) is 0 Å². The molecule has 0 saturated carbocycles. The van der Waals surface area contributed by atoms with Gasteiger partial charge < -0.3 is 15.6 Å². The lowest BCUT2D eigenvalue weighted by Crippen LogP contribution is -2.29. The molecule has 0 aliphatic rings. The minimum Gasteiger partial charge on any atom is -0.494 e.